The average Bonchev–Trinajstić information content (AvgIpc) is 2.56. The van der Waals surface area contributed by atoms with E-state index >= 15 is 0 Å². The monoisotopic (exact) mass is 180 g/mol. The van der Waals surface area contributed by atoms with Crippen LogP contribution in [0.2, 0.25) is 0 Å². The summed E-state index contributed by atoms with van der Waals surface area (Å²) in [6.45, 7) is 5.93. The zero-order valence-electron chi connectivity index (χ0n) is 7.47. The SMILES string of the molecule is C=CC(=O)NC(C)Cn1cnnc1. The molecule has 0 aliphatic rings. The molecule has 70 valence electrons. The predicted molar refractivity (Wildman–Crippen MR) is 47.8 cm³/mol. The van der Waals surface area contributed by atoms with Crippen molar-refractivity contribution < 1.29 is 4.79 Å². The highest BCUT2D eigenvalue weighted by Crippen LogP contribution is 1.89. The Kier molecular flexibility index (Phi) is 3.19. The number of amides is 1. The fourth-order valence-corrected chi connectivity index (χ4v) is 0.980. The van der Waals surface area contributed by atoms with Crippen LogP contribution in [-0.2, 0) is 11.3 Å². The van der Waals surface area contributed by atoms with E-state index in [0.29, 0.717) is 6.54 Å². The van der Waals surface area contributed by atoms with Gasteiger partial charge in [0.15, 0.2) is 0 Å². The highest BCUT2D eigenvalue weighted by Gasteiger charge is 2.04. The molecule has 13 heavy (non-hydrogen) atoms. The van der Waals surface area contributed by atoms with Crippen molar-refractivity contribution in [1.82, 2.24) is 20.1 Å². The standard InChI is InChI=1S/C8H12N4O/c1-3-8(13)11-7(2)4-12-5-9-10-6-12/h3,5-7H,1,4H2,2H3,(H,11,13). The molecule has 0 saturated carbocycles. The van der Waals surface area contributed by atoms with E-state index in [0.717, 1.165) is 0 Å². The molecule has 1 rings (SSSR count). The lowest BCUT2D eigenvalue weighted by atomic mass is 10.3. The maximum Gasteiger partial charge on any atom is 0.243 e. The van der Waals surface area contributed by atoms with Crippen LogP contribution in [0, 0.1) is 0 Å². The number of hydrogen-bond acceptors (Lipinski definition) is 3. The lowest BCUT2D eigenvalue weighted by Gasteiger charge is -2.11. The normalized spacial score (nSPS) is 12.1. The van der Waals surface area contributed by atoms with Crippen molar-refractivity contribution in [3.05, 3.63) is 25.3 Å². The first-order valence-corrected chi connectivity index (χ1v) is 3.97. The second-order valence-electron chi connectivity index (χ2n) is 2.77. The maximum atomic E-state index is 10.9. The third-order valence-corrected chi connectivity index (χ3v) is 1.53. The van der Waals surface area contributed by atoms with Gasteiger partial charge in [0, 0.05) is 12.6 Å². The van der Waals surface area contributed by atoms with Gasteiger partial charge in [-0.15, -0.1) is 10.2 Å². The van der Waals surface area contributed by atoms with Gasteiger partial charge in [-0.25, -0.2) is 0 Å². The van der Waals surface area contributed by atoms with E-state index in [1.807, 2.05) is 6.92 Å². The lowest BCUT2D eigenvalue weighted by Crippen LogP contribution is -2.34. The Labute approximate surface area is 76.5 Å². The van der Waals surface area contributed by atoms with Crippen molar-refractivity contribution in [3.8, 4) is 0 Å². The topological polar surface area (TPSA) is 59.8 Å². The van der Waals surface area contributed by atoms with Gasteiger partial charge in [0.25, 0.3) is 0 Å². The molecular formula is C8H12N4O. The quantitative estimate of drug-likeness (QED) is 0.662. The van der Waals surface area contributed by atoms with E-state index in [2.05, 4.69) is 22.1 Å². The van der Waals surface area contributed by atoms with Gasteiger partial charge >= 0.3 is 0 Å². The van der Waals surface area contributed by atoms with E-state index in [1.54, 1.807) is 17.2 Å². The second kappa shape index (κ2) is 4.39. The molecule has 1 unspecified atom stereocenters. The van der Waals surface area contributed by atoms with Crippen LogP contribution < -0.4 is 5.32 Å². The highest BCUT2D eigenvalue weighted by molar-refractivity contribution is 5.87. The summed E-state index contributed by atoms with van der Waals surface area (Å²) in [4.78, 5) is 10.9. The second-order valence-corrected chi connectivity index (χ2v) is 2.77. The van der Waals surface area contributed by atoms with Gasteiger partial charge in [-0.1, -0.05) is 6.58 Å². The zero-order chi connectivity index (χ0) is 9.68. The minimum atomic E-state index is -0.166. The summed E-state index contributed by atoms with van der Waals surface area (Å²) in [7, 11) is 0. The third-order valence-electron chi connectivity index (χ3n) is 1.53. The summed E-state index contributed by atoms with van der Waals surface area (Å²) in [5.41, 5.74) is 0. The molecule has 1 aromatic rings. The molecule has 0 aromatic carbocycles. The highest BCUT2D eigenvalue weighted by atomic mass is 16.1. The molecule has 1 atom stereocenters. The van der Waals surface area contributed by atoms with Gasteiger partial charge in [-0.05, 0) is 13.0 Å². The van der Waals surface area contributed by atoms with E-state index in [1.165, 1.54) is 6.08 Å². The fourth-order valence-electron chi connectivity index (χ4n) is 0.980. The van der Waals surface area contributed by atoms with Crippen molar-refractivity contribution in [2.45, 2.75) is 19.5 Å². The summed E-state index contributed by atoms with van der Waals surface area (Å²) < 4.78 is 1.80. The summed E-state index contributed by atoms with van der Waals surface area (Å²) in [5.74, 6) is -0.166. The molecular weight excluding hydrogens is 168 g/mol. The zero-order valence-corrected chi connectivity index (χ0v) is 7.47. The number of hydrogen-bond donors (Lipinski definition) is 1. The third kappa shape index (κ3) is 3.06. The van der Waals surface area contributed by atoms with Crippen LogP contribution in [0.25, 0.3) is 0 Å². The van der Waals surface area contributed by atoms with Gasteiger partial charge in [-0.2, -0.15) is 0 Å². The number of carbonyl (C=O) groups is 1. The molecule has 5 nitrogen and oxygen atoms in total. The Balaban J connectivity index is 2.37. The number of rotatable bonds is 4. The van der Waals surface area contributed by atoms with E-state index in [9.17, 15) is 4.79 Å². The van der Waals surface area contributed by atoms with Crippen LogP contribution in [0.15, 0.2) is 25.3 Å². The molecule has 1 heterocycles. The van der Waals surface area contributed by atoms with Crippen LogP contribution >= 0.6 is 0 Å². The molecule has 0 fully saturated rings. The van der Waals surface area contributed by atoms with E-state index < -0.39 is 0 Å². The molecule has 0 aliphatic heterocycles. The van der Waals surface area contributed by atoms with E-state index in [4.69, 9.17) is 0 Å². The van der Waals surface area contributed by atoms with Crippen molar-refractivity contribution in [2.24, 2.45) is 0 Å². The largest absolute Gasteiger partial charge is 0.348 e. The summed E-state index contributed by atoms with van der Waals surface area (Å²) in [6, 6.07) is 0.0431. The minimum Gasteiger partial charge on any atom is -0.348 e. The molecule has 0 bridgehead atoms. The van der Waals surface area contributed by atoms with Crippen LogP contribution in [0.1, 0.15) is 6.92 Å². The first-order valence-electron chi connectivity index (χ1n) is 3.97. The Morgan fingerprint density at radius 3 is 2.85 bits per heavy atom. The van der Waals surface area contributed by atoms with Gasteiger partial charge < -0.3 is 9.88 Å². The molecule has 1 amide bonds. The van der Waals surface area contributed by atoms with Gasteiger partial charge in [-0.3, -0.25) is 4.79 Å². The summed E-state index contributed by atoms with van der Waals surface area (Å²) >= 11 is 0. The van der Waals surface area contributed by atoms with Crippen LogP contribution in [0.5, 0.6) is 0 Å². The summed E-state index contributed by atoms with van der Waals surface area (Å²) in [5, 5.41) is 10.0. The molecule has 0 radical (unpaired) electrons. The van der Waals surface area contributed by atoms with Gasteiger partial charge in [0.05, 0.1) is 0 Å². The molecule has 0 saturated heterocycles. The molecule has 1 aromatic heterocycles. The van der Waals surface area contributed by atoms with Crippen molar-refractivity contribution in [1.29, 1.82) is 0 Å². The van der Waals surface area contributed by atoms with Crippen molar-refractivity contribution in [2.75, 3.05) is 0 Å². The number of carbonyl (C=O) groups excluding carboxylic acids is 1. The van der Waals surface area contributed by atoms with Crippen LogP contribution in [0.4, 0.5) is 0 Å². The first kappa shape index (κ1) is 9.44. The van der Waals surface area contributed by atoms with Gasteiger partial charge in [0.2, 0.25) is 5.91 Å². The molecule has 0 aliphatic carbocycles. The number of nitrogens with one attached hydrogen (secondary N) is 1. The Morgan fingerprint density at radius 1 is 1.69 bits per heavy atom. The Bertz CT molecular complexity index is 280. The average molecular weight is 180 g/mol. The minimum absolute atomic E-state index is 0.0431. The van der Waals surface area contributed by atoms with Crippen molar-refractivity contribution in [3.63, 3.8) is 0 Å². The maximum absolute atomic E-state index is 10.9. The molecule has 1 N–H and O–H groups in total. The van der Waals surface area contributed by atoms with Crippen molar-refractivity contribution >= 4 is 5.91 Å². The van der Waals surface area contributed by atoms with Crippen LogP contribution in [0.3, 0.4) is 0 Å². The smallest absolute Gasteiger partial charge is 0.243 e. The van der Waals surface area contributed by atoms with E-state index in [-0.39, 0.29) is 11.9 Å². The Hall–Kier alpha value is -1.65. The molecule has 5 heteroatoms. The predicted octanol–water partition coefficient (Wildman–Crippen LogP) is -0.0312. The number of nitrogens with zero attached hydrogens (tertiary/aromatic N) is 3. The summed E-state index contributed by atoms with van der Waals surface area (Å²) in [6.07, 6.45) is 4.47. The number of aromatic nitrogens is 3. The molecule has 0 spiro atoms. The van der Waals surface area contributed by atoms with Crippen LogP contribution in [-0.4, -0.2) is 26.7 Å². The Morgan fingerprint density at radius 2 is 2.31 bits per heavy atom. The first-order chi connectivity index (χ1) is 6.22. The fraction of sp³-hybridized carbons (Fsp3) is 0.375. The van der Waals surface area contributed by atoms with Gasteiger partial charge in [0.1, 0.15) is 12.7 Å². The lowest BCUT2D eigenvalue weighted by molar-refractivity contribution is -0.117.